The van der Waals surface area contributed by atoms with Crippen molar-refractivity contribution in [3.8, 4) is 0 Å². The molecular weight excluding hydrogens is 443 g/mol. The van der Waals surface area contributed by atoms with Crippen LogP contribution in [0.15, 0.2) is 36.9 Å². The van der Waals surface area contributed by atoms with Gasteiger partial charge in [0, 0.05) is 19.2 Å². The molecule has 1 saturated heterocycles. The standard InChI is InChI=1S/C18H21N6O7P/c1-20-11-5-3-2-4-10(11)18(25)31-12-6-14(30-13(12)7-29-32(26,27)28)24-9-23-15-16(19)21-8-22-17(15)24/h2-5,8-9,12-14,20H,6-7H2,1H3,(H2,19,21,22)(H2,26,27,28)/t12?,13-,14-/m1/s1. The third-order valence-electron chi connectivity index (χ3n) is 4.96. The first-order valence-corrected chi connectivity index (χ1v) is 11.1. The summed E-state index contributed by atoms with van der Waals surface area (Å²) in [6.07, 6.45) is 0.401. The molecule has 2 aromatic heterocycles. The molecule has 0 amide bonds. The van der Waals surface area contributed by atoms with E-state index < -0.39 is 38.8 Å². The molecule has 3 atom stereocenters. The van der Waals surface area contributed by atoms with Crippen LogP contribution in [0.4, 0.5) is 11.5 Å². The fourth-order valence-electron chi connectivity index (χ4n) is 3.48. The molecule has 1 aromatic carbocycles. The molecule has 1 unspecified atom stereocenters. The molecule has 0 spiro atoms. The van der Waals surface area contributed by atoms with Gasteiger partial charge < -0.3 is 30.3 Å². The van der Waals surface area contributed by atoms with Gasteiger partial charge in [-0.25, -0.2) is 24.3 Å². The molecule has 1 aliphatic heterocycles. The van der Waals surface area contributed by atoms with Crippen molar-refractivity contribution in [3.05, 3.63) is 42.5 Å². The topological polar surface area (TPSA) is 184 Å². The number of nitrogen functional groups attached to an aromatic ring is 1. The van der Waals surface area contributed by atoms with E-state index in [9.17, 15) is 9.36 Å². The number of rotatable bonds is 7. The van der Waals surface area contributed by atoms with Gasteiger partial charge >= 0.3 is 13.8 Å². The third kappa shape index (κ3) is 4.56. The fraction of sp³-hybridized carbons (Fsp3) is 0.333. The zero-order valence-electron chi connectivity index (χ0n) is 16.9. The number of hydrogen-bond donors (Lipinski definition) is 4. The summed E-state index contributed by atoms with van der Waals surface area (Å²) in [7, 11) is -3.09. The van der Waals surface area contributed by atoms with E-state index in [4.69, 9.17) is 25.0 Å². The van der Waals surface area contributed by atoms with Crippen molar-refractivity contribution in [2.24, 2.45) is 0 Å². The lowest BCUT2D eigenvalue weighted by Gasteiger charge is -2.19. The fourth-order valence-corrected chi connectivity index (χ4v) is 3.82. The molecule has 0 saturated carbocycles. The Morgan fingerprint density at radius 2 is 2.12 bits per heavy atom. The molecular formula is C18H21N6O7P. The van der Waals surface area contributed by atoms with E-state index in [0.717, 1.165) is 0 Å². The van der Waals surface area contributed by atoms with Gasteiger partial charge in [-0.3, -0.25) is 9.09 Å². The predicted molar refractivity (Wildman–Crippen MR) is 111 cm³/mol. The van der Waals surface area contributed by atoms with Crippen molar-refractivity contribution in [1.82, 2.24) is 19.5 Å². The molecule has 0 radical (unpaired) electrons. The van der Waals surface area contributed by atoms with E-state index in [-0.39, 0.29) is 12.2 Å². The second-order valence-electron chi connectivity index (χ2n) is 6.97. The van der Waals surface area contributed by atoms with Gasteiger partial charge in [0.1, 0.15) is 30.3 Å². The summed E-state index contributed by atoms with van der Waals surface area (Å²) in [5.74, 6) is -0.424. The molecule has 1 fully saturated rings. The summed E-state index contributed by atoms with van der Waals surface area (Å²) in [4.78, 5) is 43.2. The van der Waals surface area contributed by atoms with Crippen LogP contribution in [0, 0.1) is 0 Å². The number of carbonyl (C=O) groups excluding carboxylic acids is 1. The van der Waals surface area contributed by atoms with Crippen molar-refractivity contribution >= 4 is 36.5 Å². The normalized spacial score (nSPS) is 21.0. The van der Waals surface area contributed by atoms with Crippen molar-refractivity contribution in [1.29, 1.82) is 0 Å². The van der Waals surface area contributed by atoms with Gasteiger partial charge in [0.05, 0.1) is 18.5 Å². The highest BCUT2D eigenvalue weighted by Gasteiger charge is 2.41. The molecule has 3 heterocycles. The van der Waals surface area contributed by atoms with E-state index in [1.807, 2.05) is 0 Å². The molecule has 13 nitrogen and oxygen atoms in total. The van der Waals surface area contributed by atoms with E-state index >= 15 is 0 Å². The Kier molecular flexibility index (Phi) is 6.09. The second-order valence-corrected chi connectivity index (χ2v) is 8.21. The van der Waals surface area contributed by atoms with Gasteiger partial charge in [-0.15, -0.1) is 0 Å². The maximum atomic E-state index is 12.8. The second kappa shape index (κ2) is 8.81. The van der Waals surface area contributed by atoms with Crippen LogP contribution in [-0.2, 0) is 18.6 Å². The number of para-hydroxylation sites is 1. The van der Waals surface area contributed by atoms with Crippen molar-refractivity contribution in [3.63, 3.8) is 0 Å². The number of nitrogens with two attached hydrogens (primary N) is 1. The Morgan fingerprint density at radius 1 is 1.34 bits per heavy atom. The number of ether oxygens (including phenoxy) is 2. The third-order valence-corrected chi connectivity index (χ3v) is 5.44. The van der Waals surface area contributed by atoms with E-state index in [2.05, 4.69) is 24.8 Å². The number of phosphoric ester groups is 1. The van der Waals surface area contributed by atoms with Crippen LogP contribution in [-0.4, -0.2) is 61.1 Å². The van der Waals surface area contributed by atoms with Gasteiger partial charge in [0.15, 0.2) is 11.5 Å². The van der Waals surface area contributed by atoms with E-state index in [0.29, 0.717) is 22.4 Å². The van der Waals surface area contributed by atoms with Crippen LogP contribution in [0.2, 0.25) is 0 Å². The average molecular weight is 464 g/mol. The van der Waals surface area contributed by atoms with Crippen LogP contribution < -0.4 is 11.1 Å². The molecule has 5 N–H and O–H groups in total. The first-order valence-electron chi connectivity index (χ1n) is 9.53. The van der Waals surface area contributed by atoms with Crippen molar-refractivity contribution in [2.45, 2.75) is 24.9 Å². The van der Waals surface area contributed by atoms with Crippen LogP contribution in [0.3, 0.4) is 0 Å². The Bertz CT molecular complexity index is 1180. The predicted octanol–water partition coefficient (Wildman–Crippen LogP) is 1.07. The minimum Gasteiger partial charge on any atom is -0.456 e. The Hall–Kier alpha value is -3.09. The maximum absolute atomic E-state index is 12.8. The number of benzene rings is 1. The molecule has 3 aromatic rings. The summed E-state index contributed by atoms with van der Waals surface area (Å²) in [6, 6.07) is 6.79. The molecule has 14 heteroatoms. The molecule has 170 valence electrons. The first-order chi connectivity index (χ1) is 15.3. The van der Waals surface area contributed by atoms with Gasteiger partial charge in [-0.1, -0.05) is 12.1 Å². The molecule has 1 aliphatic rings. The maximum Gasteiger partial charge on any atom is 0.469 e. The first kappa shape index (κ1) is 22.1. The number of nitrogens with zero attached hydrogens (tertiary/aromatic N) is 4. The summed E-state index contributed by atoms with van der Waals surface area (Å²) in [5, 5.41) is 2.92. The molecule has 32 heavy (non-hydrogen) atoms. The highest BCUT2D eigenvalue weighted by atomic mass is 31.2. The largest absolute Gasteiger partial charge is 0.469 e. The number of anilines is 2. The highest BCUT2D eigenvalue weighted by Crippen LogP contribution is 2.39. The number of phosphoric acid groups is 1. The van der Waals surface area contributed by atoms with Crippen LogP contribution in [0.1, 0.15) is 23.0 Å². The SMILES string of the molecule is CNc1ccccc1C(=O)OC1C[C@H](n2cnc3c(N)ncnc32)O[C@@H]1COP(=O)(O)O. The van der Waals surface area contributed by atoms with Gasteiger partial charge in [-0.2, -0.15) is 0 Å². The smallest absolute Gasteiger partial charge is 0.456 e. The van der Waals surface area contributed by atoms with E-state index in [1.165, 1.54) is 12.7 Å². The average Bonchev–Trinajstić information content (AvgIpc) is 3.36. The Balaban J connectivity index is 1.59. The van der Waals surface area contributed by atoms with Crippen molar-refractivity contribution < 1.29 is 33.1 Å². The minimum absolute atomic E-state index is 0.165. The number of imidazole rings is 1. The van der Waals surface area contributed by atoms with E-state index in [1.54, 1.807) is 35.9 Å². The van der Waals surface area contributed by atoms with Crippen LogP contribution in [0.5, 0.6) is 0 Å². The Morgan fingerprint density at radius 3 is 2.88 bits per heavy atom. The van der Waals surface area contributed by atoms with Crippen LogP contribution >= 0.6 is 7.82 Å². The highest BCUT2D eigenvalue weighted by molar-refractivity contribution is 7.46. The van der Waals surface area contributed by atoms with Gasteiger partial charge in [0.25, 0.3) is 0 Å². The summed E-state index contributed by atoms with van der Waals surface area (Å²) < 4.78 is 29.0. The number of fused-ring (bicyclic) bond motifs is 1. The Labute approximate surface area is 181 Å². The van der Waals surface area contributed by atoms with Gasteiger partial charge in [0.2, 0.25) is 0 Å². The molecule has 4 rings (SSSR count). The lowest BCUT2D eigenvalue weighted by atomic mass is 10.1. The molecule has 0 aliphatic carbocycles. The van der Waals surface area contributed by atoms with Crippen LogP contribution in [0.25, 0.3) is 11.2 Å². The quantitative estimate of drug-likeness (QED) is 0.288. The number of hydrogen-bond acceptors (Lipinski definition) is 10. The number of carbonyl (C=O) groups is 1. The summed E-state index contributed by atoms with van der Waals surface area (Å²) >= 11 is 0. The summed E-state index contributed by atoms with van der Waals surface area (Å²) in [6.45, 7) is -0.490. The zero-order valence-corrected chi connectivity index (χ0v) is 17.8. The zero-order chi connectivity index (χ0) is 22.9. The summed E-state index contributed by atoms with van der Waals surface area (Å²) in [5.41, 5.74) is 7.49. The van der Waals surface area contributed by atoms with Gasteiger partial charge in [-0.05, 0) is 12.1 Å². The number of esters is 1. The number of nitrogens with one attached hydrogen (secondary N) is 1. The molecule has 0 bridgehead atoms. The van der Waals surface area contributed by atoms with Crippen molar-refractivity contribution in [2.75, 3.05) is 24.7 Å². The minimum atomic E-state index is -4.76. The lowest BCUT2D eigenvalue weighted by Crippen LogP contribution is -2.31. The lowest BCUT2D eigenvalue weighted by molar-refractivity contribution is -0.0490. The monoisotopic (exact) mass is 464 g/mol. The number of aromatic nitrogens is 4.